The van der Waals surface area contributed by atoms with Gasteiger partial charge in [0.2, 0.25) is 0 Å². The smallest absolute Gasteiger partial charge is 0.281 e. The van der Waals surface area contributed by atoms with Gasteiger partial charge >= 0.3 is 33.7 Å². The average molecular weight is 184 g/mol. The van der Waals surface area contributed by atoms with Gasteiger partial charge in [0.25, 0.3) is 20.4 Å². The molecule has 0 amide bonds. The van der Waals surface area contributed by atoms with Crippen LogP contribution in [0.3, 0.4) is 0 Å². The summed E-state index contributed by atoms with van der Waals surface area (Å²) in [6, 6.07) is 0. The van der Waals surface area contributed by atoms with Gasteiger partial charge in [0.1, 0.15) is 0 Å². The standard InChI is InChI=1S/C3H5.3CO.Co/c1-3-2;3*1-2;/h3H,1-2H2;;;;. The van der Waals surface area contributed by atoms with Gasteiger partial charge in [-0.1, -0.05) is 0 Å². The van der Waals surface area contributed by atoms with Crippen molar-refractivity contribution in [3.63, 3.8) is 0 Å². The minimum atomic E-state index is 0.771. The predicted molar refractivity (Wildman–Crippen MR) is 32.1 cm³/mol. The first-order valence-corrected chi connectivity index (χ1v) is 2.40. The first-order valence-electron chi connectivity index (χ1n) is 1.66. The molecule has 0 rings (SSSR count). The van der Waals surface area contributed by atoms with Gasteiger partial charge in [-0.2, -0.15) is 0 Å². The van der Waals surface area contributed by atoms with Crippen molar-refractivity contribution in [1.82, 2.24) is 0 Å². The Balaban J connectivity index is -0.0000000262. The second kappa shape index (κ2) is 275. The molecule has 0 aliphatic rings. The van der Waals surface area contributed by atoms with E-state index in [1.165, 1.54) is 0 Å². The monoisotopic (exact) mass is 184 g/mol. The molecule has 0 saturated heterocycles. The zero-order valence-electron chi connectivity index (χ0n) is 5.05. The van der Waals surface area contributed by atoms with Gasteiger partial charge in [0.15, 0.2) is 0 Å². The van der Waals surface area contributed by atoms with Gasteiger partial charge in [-0.3, -0.25) is 14.4 Å². The maximum absolute atomic E-state index is 7.50. The first kappa shape index (κ1) is 22.8. The van der Waals surface area contributed by atoms with E-state index in [1.807, 2.05) is 0 Å². The summed E-state index contributed by atoms with van der Waals surface area (Å²) in [5, 5.41) is 0.771. The minimum absolute atomic E-state index is 0.771. The molecule has 0 bridgehead atoms. The zero-order valence-corrected chi connectivity index (χ0v) is 6.09. The molecule has 0 saturated carbocycles. The maximum atomic E-state index is 7.50. The van der Waals surface area contributed by atoms with Gasteiger partial charge in [0, 0.05) is 0 Å². The Hall–Kier alpha value is -0.744. The van der Waals surface area contributed by atoms with Crippen LogP contribution in [0, 0.1) is 0 Å². The summed E-state index contributed by atoms with van der Waals surface area (Å²) >= 11 is 3.84. The predicted octanol–water partition coefficient (Wildman–Crippen LogP) is -0.0538. The van der Waals surface area contributed by atoms with Crippen LogP contribution in [0.2, 0.25) is 5.36 Å². The van der Waals surface area contributed by atoms with Crippen molar-refractivity contribution < 1.29 is 30.1 Å². The van der Waals surface area contributed by atoms with Crippen LogP contribution in [0.25, 0.3) is 0 Å². The van der Waals surface area contributed by atoms with Crippen molar-refractivity contribution >= 4 is 20.4 Å². The summed E-state index contributed by atoms with van der Waals surface area (Å²) in [7, 11) is 0. The van der Waals surface area contributed by atoms with Crippen molar-refractivity contribution in [2.24, 2.45) is 0 Å². The quantitative estimate of drug-likeness (QED) is 0.536. The number of carbonyl (C=O) groups excluding carboxylic acids is 3. The van der Waals surface area contributed by atoms with Crippen molar-refractivity contribution in [2.75, 3.05) is 0 Å². The molecule has 0 spiro atoms. The van der Waals surface area contributed by atoms with Crippen LogP contribution in [0.1, 0.15) is 0 Å². The fourth-order valence-corrected chi connectivity index (χ4v) is 0. The van der Waals surface area contributed by atoms with E-state index in [0.717, 1.165) is 5.36 Å². The minimum Gasteiger partial charge on any atom is -0.281 e. The van der Waals surface area contributed by atoms with Crippen LogP contribution in [0.5, 0.6) is 0 Å². The summed E-state index contributed by atoms with van der Waals surface area (Å²) in [6.45, 7) is 16.9. The molecule has 0 aromatic rings. The molecule has 0 aliphatic heterocycles. The molecule has 0 atom stereocenters. The second-order valence-corrected chi connectivity index (χ2v) is 0.850. The molecule has 56 valence electrons. The molecule has 6 radical (unpaired) electrons. The Kier molecular flexibility index (Phi) is 629. The fraction of sp³-hybridized carbons (Fsp3) is 0.167. The Morgan fingerprint density at radius 2 is 1.20 bits per heavy atom. The van der Waals surface area contributed by atoms with Crippen molar-refractivity contribution in [3.05, 3.63) is 12.7 Å². The normalized spacial score (nSPS) is 3.80. The Morgan fingerprint density at radius 1 is 1.10 bits per heavy atom. The van der Waals surface area contributed by atoms with E-state index >= 15 is 0 Å². The molecule has 0 aromatic carbocycles. The van der Waals surface area contributed by atoms with E-state index < -0.39 is 0 Å². The summed E-state index contributed by atoms with van der Waals surface area (Å²) in [5.74, 6) is 0. The van der Waals surface area contributed by atoms with E-state index in [-0.39, 0.29) is 0 Å². The van der Waals surface area contributed by atoms with E-state index in [0.29, 0.717) is 0 Å². The summed E-state index contributed by atoms with van der Waals surface area (Å²) in [6.07, 6.45) is 1.74. The molecule has 10 heavy (non-hydrogen) atoms. The van der Waals surface area contributed by atoms with E-state index in [1.54, 1.807) is 6.08 Å². The first-order chi connectivity index (χ1) is 4.91. The molecule has 0 N–H and O–H groups in total. The van der Waals surface area contributed by atoms with Gasteiger partial charge in [-0.05, 0) is 0 Å². The fourth-order valence-electron chi connectivity index (χ4n) is 0. The molecule has 0 aliphatic carbocycles. The molecular weight excluding hydrogens is 179 g/mol. The van der Waals surface area contributed by atoms with Gasteiger partial charge in [0.05, 0.1) is 0 Å². The van der Waals surface area contributed by atoms with Crippen LogP contribution in [-0.4, -0.2) is 20.4 Å². The maximum Gasteiger partial charge on any atom is 0.281 e. The summed E-state index contributed by atoms with van der Waals surface area (Å²) < 4.78 is 0. The van der Waals surface area contributed by atoms with E-state index in [2.05, 4.69) is 42.7 Å². The van der Waals surface area contributed by atoms with Gasteiger partial charge in [-0.25, -0.2) is 0 Å². The van der Waals surface area contributed by atoms with Crippen LogP contribution < -0.4 is 0 Å². The van der Waals surface area contributed by atoms with Crippen molar-refractivity contribution in [3.8, 4) is 0 Å². The molecule has 0 heterocycles. The molecular formula is C6H5CoO3. The average Bonchev–Trinajstić information content (AvgIpc) is 2.14. The summed E-state index contributed by atoms with van der Waals surface area (Å²) in [5.41, 5.74) is 0. The Labute approximate surface area is 69.1 Å². The molecule has 0 aromatic heterocycles. The van der Waals surface area contributed by atoms with Crippen molar-refractivity contribution in [2.45, 2.75) is 5.36 Å². The topological polar surface area (TPSA) is 51.2 Å². The largest absolute Gasteiger partial charge is 0.281 e. The van der Waals surface area contributed by atoms with Crippen LogP contribution in [0.4, 0.5) is 0 Å². The third-order valence-electron chi connectivity index (χ3n) is 0.0962. The molecule has 4 heteroatoms. The SMILES string of the molecule is C=C[CH2][Co].[C]=O.[C]=O.[C]=O. The van der Waals surface area contributed by atoms with Gasteiger partial charge in [-0.15, -0.1) is 0 Å². The molecule has 0 fully saturated rings. The zero-order chi connectivity index (χ0) is 9.41. The van der Waals surface area contributed by atoms with Crippen molar-refractivity contribution in [1.29, 1.82) is 0 Å². The number of allylic oxidation sites excluding steroid dienone is 1. The van der Waals surface area contributed by atoms with Crippen LogP contribution in [-0.2, 0) is 30.1 Å². The third kappa shape index (κ3) is 4320. The van der Waals surface area contributed by atoms with E-state index in [4.69, 9.17) is 14.4 Å². The Bertz CT molecular complexity index is 45.5. The number of hydrogen-bond acceptors (Lipinski definition) is 3. The van der Waals surface area contributed by atoms with Gasteiger partial charge < -0.3 is 0 Å². The second-order valence-electron chi connectivity index (χ2n) is 0.425. The van der Waals surface area contributed by atoms with Crippen LogP contribution >= 0.6 is 0 Å². The number of rotatable bonds is 1. The Morgan fingerprint density at radius 3 is 1.20 bits per heavy atom. The molecule has 3 nitrogen and oxygen atoms in total. The number of hydrogen-bond donors (Lipinski definition) is 0. The van der Waals surface area contributed by atoms with Crippen LogP contribution in [0.15, 0.2) is 12.7 Å². The third-order valence-corrected chi connectivity index (χ3v) is 0.397. The molecule has 0 unspecified atom stereocenters. The summed E-state index contributed by atoms with van der Waals surface area (Å²) in [4.78, 5) is 22.5. The van der Waals surface area contributed by atoms with E-state index in [9.17, 15) is 0 Å².